The number of amides is 1. The van der Waals surface area contributed by atoms with E-state index in [0.717, 1.165) is 26.1 Å². The lowest BCUT2D eigenvalue weighted by Crippen LogP contribution is -2.41. The predicted molar refractivity (Wildman–Crippen MR) is 70.5 cm³/mol. The number of carbonyl (C=O) groups is 1. The van der Waals surface area contributed by atoms with Gasteiger partial charge in [-0.3, -0.25) is 4.79 Å². The van der Waals surface area contributed by atoms with Crippen molar-refractivity contribution in [2.75, 3.05) is 39.5 Å². The van der Waals surface area contributed by atoms with Crippen molar-refractivity contribution < 1.29 is 14.3 Å². The average Bonchev–Trinajstić information content (AvgIpc) is 2.34. The van der Waals surface area contributed by atoms with Gasteiger partial charge in [0.05, 0.1) is 25.7 Å². The fraction of sp³-hybridized carbons (Fsp3) is 0.923. The molecule has 0 radical (unpaired) electrons. The molecule has 1 aliphatic rings. The molecule has 0 aromatic carbocycles. The molecule has 2 N–H and O–H groups in total. The van der Waals surface area contributed by atoms with Gasteiger partial charge in [0, 0.05) is 26.2 Å². The SMILES string of the molecule is CC(C)CCOCCNC(=O)CC1CNCCO1. The molecule has 18 heavy (non-hydrogen) atoms. The van der Waals surface area contributed by atoms with Crippen LogP contribution in [0.2, 0.25) is 0 Å². The van der Waals surface area contributed by atoms with Crippen LogP contribution in [0.25, 0.3) is 0 Å². The maximum atomic E-state index is 11.6. The van der Waals surface area contributed by atoms with Gasteiger partial charge in [-0.25, -0.2) is 0 Å². The molecular formula is C13H26N2O3. The molecule has 0 aliphatic carbocycles. The first-order valence-corrected chi connectivity index (χ1v) is 6.85. The van der Waals surface area contributed by atoms with E-state index in [1.165, 1.54) is 0 Å². The molecule has 1 unspecified atom stereocenters. The standard InChI is InChI=1S/C13H26N2O3/c1-11(2)3-6-17-7-5-15-13(16)9-12-10-14-4-8-18-12/h11-12,14H,3-10H2,1-2H3,(H,15,16). The zero-order valence-corrected chi connectivity index (χ0v) is 11.5. The van der Waals surface area contributed by atoms with Gasteiger partial charge in [0.2, 0.25) is 5.91 Å². The summed E-state index contributed by atoms with van der Waals surface area (Å²) in [7, 11) is 0. The number of rotatable bonds is 8. The van der Waals surface area contributed by atoms with Crippen molar-refractivity contribution in [1.29, 1.82) is 0 Å². The normalized spacial score (nSPS) is 20.1. The molecule has 1 amide bonds. The van der Waals surface area contributed by atoms with Gasteiger partial charge in [0.15, 0.2) is 0 Å². The first-order chi connectivity index (χ1) is 8.68. The van der Waals surface area contributed by atoms with E-state index >= 15 is 0 Å². The molecule has 0 bridgehead atoms. The summed E-state index contributed by atoms with van der Waals surface area (Å²) in [6.45, 7) is 8.60. The summed E-state index contributed by atoms with van der Waals surface area (Å²) >= 11 is 0. The van der Waals surface area contributed by atoms with Crippen LogP contribution in [0.15, 0.2) is 0 Å². The van der Waals surface area contributed by atoms with Gasteiger partial charge in [0.25, 0.3) is 0 Å². The van der Waals surface area contributed by atoms with E-state index in [4.69, 9.17) is 9.47 Å². The van der Waals surface area contributed by atoms with Crippen molar-refractivity contribution in [3.05, 3.63) is 0 Å². The Morgan fingerprint density at radius 1 is 1.50 bits per heavy atom. The maximum Gasteiger partial charge on any atom is 0.222 e. The number of hydrogen-bond donors (Lipinski definition) is 2. The highest BCUT2D eigenvalue weighted by Crippen LogP contribution is 2.01. The van der Waals surface area contributed by atoms with Gasteiger partial charge in [-0.2, -0.15) is 0 Å². The van der Waals surface area contributed by atoms with Crippen molar-refractivity contribution in [2.24, 2.45) is 5.92 Å². The van der Waals surface area contributed by atoms with E-state index in [1.54, 1.807) is 0 Å². The van der Waals surface area contributed by atoms with E-state index in [9.17, 15) is 4.79 Å². The monoisotopic (exact) mass is 258 g/mol. The highest BCUT2D eigenvalue weighted by molar-refractivity contribution is 5.76. The van der Waals surface area contributed by atoms with E-state index in [1.807, 2.05) is 0 Å². The molecule has 0 spiro atoms. The van der Waals surface area contributed by atoms with Crippen molar-refractivity contribution in [3.63, 3.8) is 0 Å². The molecule has 1 saturated heterocycles. The summed E-state index contributed by atoms with van der Waals surface area (Å²) in [6.07, 6.45) is 1.51. The molecule has 1 fully saturated rings. The summed E-state index contributed by atoms with van der Waals surface area (Å²) < 4.78 is 10.9. The summed E-state index contributed by atoms with van der Waals surface area (Å²) in [6, 6.07) is 0. The largest absolute Gasteiger partial charge is 0.380 e. The Morgan fingerprint density at radius 2 is 2.33 bits per heavy atom. The molecule has 0 aromatic rings. The van der Waals surface area contributed by atoms with Crippen LogP contribution >= 0.6 is 0 Å². The van der Waals surface area contributed by atoms with Gasteiger partial charge in [-0.15, -0.1) is 0 Å². The third-order valence-electron chi connectivity index (χ3n) is 2.83. The topological polar surface area (TPSA) is 59.6 Å². The number of hydrogen-bond acceptors (Lipinski definition) is 4. The molecule has 5 heteroatoms. The van der Waals surface area contributed by atoms with Gasteiger partial charge in [0.1, 0.15) is 0 Å². The summed E-state index contributed by atoms with van der Waals surface area (Å²) in [5.41, 5.74) is 0. The molecule has 1 heterocycles. The van der Waals surface area contributed by atoms with Crippen molar-refractivity contribution in [1.82, 2.24) is 10.6 Å². The lowest BCUT2D eigenvalue weighted by atomic mass is 10.1. The van der Waals surface area contributed by atoms with Crippen LogP contribution in [0.5, 0.6) is 0 Å². The molecule has 0 aromatic heterocycles. The molecule has 1 aliphatic heterocycles. The fourth-order valence-corrected chi connectivity index (χ4v) is 1.71. The highest BCUT2D eigenvalue weighted by atomic mass is 16.5. The summed E-state index contributed by atoms with van der Waals surface area (Å²) in [5.74, 6) is 0.701. The second-order valence-electron chi connectivity index (χ2n) is 5.05. The summed E-state index contributed by atoms with van der Waals surface area (Å²) in [5, 5.41) is 6.05. The van der Waals surface area contributed by atoms with Crippen LogP contribution in [0.3, 0.4) is 0 Å². The third-order valence-corrected chi connectivity index (χ3v) is 2.83. The number of carbonyl (C=O) groups excluding carboxylic acids is 1. The van der Waals surface area contributed by atoms with Crippen LogP contribution in [0.1, 0.15) is 26.7 Å². The Balaban J connectivity index is 1.93. The Morgan fingerprint density at radius 3 is 3.00 bits per heavy atom. The molecule has 1 atom stereocenters. The molecule has 0 saturated carbocycles. The smallest absolute Gasteiger partial charge is 0.222 e. The van der Waals surface area contributed by atoms with Crippen LogP contribution in [-0.2, 0) is 14.3 Å². The first-order valence-electron chi connectivity index (χ1n) is 6.85. The molecular weight excluding hydrogens is 232 g/mol. The van der Waals surface area contributed by atoms with Crippen molar-refractivity contribution in [2.45, 2.75) is 32.8 Å². The average molecular weight is 258 g/mol. The lowest BCUT2D eigenvalue weighted by Gasteiger charge is -2.23. The van der Waals surface area contributed by atoms with Crippen molar-refractivity contribution >= 4 is 5.91 Å². The van der Waals surface area contributed by atoms with Gasteiger partial charge in [-0.1, -0.05) is 13.8 Å². The minimum absolute atomic E-state index is 0.0145. The highest BCUT2D eigenvalue weighted by Gasteiger charge is 2.16. The Bertz CT molecular complexity index is 228. The van der Waals surface area contributed by atoms with E-state index < -0.39 is 0 Å². The Hall–Kier alpha value is -0.650. The third kappa shape index (κ3) is 7.63. The van der Waals surface area contributed by atoms with Crippen LogP contribution in [0.4, 0.5) is 0 Å². The van der Waals surface area contributed by atoms with Crippen LogP contribution < -0.4 is 10.6 Å². The Kier molecular flexibility index (Phi) is 7.96. The van der Waals surface area contributed by atoms with Crippen LogP contribution in [-0.4, -0.2) is 51.5 Å². The van der Waals surface area contributed by atoms with E-state index in [2.05, 4.69) is 24.5 Å². The lowest BCUT2D eigenvalue weighted by molar-refractivity contribution is -0.124. The first kappa shape index (κ1) is 15.4. The molecule has 1 rings (SSSR count). The number of nitrogens with one attached hydrogen (secondary N) is 2. The van der Waals surface area contributed by atoms with Gasteiger partial charge < -0.3 is 20.1 Å². The van der Waals surface area contributed by atoms with E-state index in [0.29, 0.717) is 32.1 Å². The zero-order valence-electron chi connectivity index (χ0n) is 11.5. The van der Waals surface area contributed by atoms with Crippen molar-refractivity contribution in [3.8, 4) is 0 Å². The minimum atomic E-state index is 0.0145. The minimum Gasteiger partial charge on any atom is -0.380 e. The summed E-state index contributed by atoms with van der Waals surface area (Å²) in [4.78, 5) is 11.6. The number of morpholine rings is 1. The molecule has 5 nitrogen and oxygen atoms in total. The predicted octanol–water partition coefficient (Wildman–Crippen LogP) is 0.544. The maximum absolute atomic E-state index is 11.6. The zero-order chi connectivity index (χ0) is 13.2. The quantitative estimate of drug-likeness (QED) is 0.624. The Labute approximate surface area is 110 Å². The van der Waals surface area contributed by atoms with Gasteiger partial charge in [-0.05, 0) is 12.3 Å². The fourth-order valence-electron chi connectivity index (χ4n) is 1.71. The molecule has 106 valence electrons. The second kappa shape index (κ2) is 9.30. The second-order valence-corrected chi connectivity index (χ2v) is 5.05. The van der Waals surface area contributed by atoms with E-state index in [-0.39, 0.29) is 12.0 Å². The van der Waals surface area contributed by atoms with Crippen LogP contribution in [0, 0.1) is 5.92 Å². The van der Waals surface area contributed by atoms with Gasteiger partial charge >= 0.3 is 0 Å². The number of ether oxygens (including phenoxy) is 2.